The van der Waals surface area contributed by atoms with Gasteiger partial charge in [-0.05, 0) is 31.2 Å². The number of rotatable bonds is 5. The molecule has 0 bridgehead atoms. The van der Waals surface area contributed by atoms with Crippen LogP contribution in [0.4, 0.5) is 10.1 Å². The Labute approximate surface area is 176 Å². The predicted molar refractivity (Wildman–Crippen MR) is 110 cm³/mol. The van der Waals surface area contributed by atoms with Crippen LogP contribution in [0.25, 0.3) is 5.69 Å². The molecule has 0 fully saturated rings. The summed E-state index contributed by atoms with van der Waals surface area (Å²) in [5.41, 5.74) is 1.24. The molecule has 2 aromatic carbocycles. The Bertz CT molecular complexity index is 1060. The highest BCUT2D eigenvalue weighted by Gasteiger charge is 2.22. The Kier molecular flexibility index (Phi) is 6.20. The first-order valence-electron chi connectivity index (χ1n) is 8.58. The summed E-state index contributed by atoms with van der Waals surface area (Å²) in [6.45, 7) is 1.43. The number of anilines is 1. The highest BCUT2D eigenvalue weighted by molar-refractivity contribution is 6.39. The number of benzene rings is 2. The maximum absolute atomic E-state index is 14.0. The normalized spacial score (nSPS) is 10.7. The van der Waals surface area contributed by atoms with E-state index in [-0.39, 0.29) is 23.5 Å². The zero-order valence-electron chi connectivity index (χ0n) is 15.6. The molecule has 2 amide bonds. The lowest BCUT2D eigenvalue weighted by Crippen LogP contribution is -2.35. The average Bonchev–Trinajstić information content (AvgIpc) is 3.05. The van der Waals surface area contributed by atoms with Crippen molar-refractivity contribution in [3.63, 3.8) is 0 Å². The maximum atomic E-state index is 14.0. The van der Waals surface area contributed by atoms with Gasteiger partial charge >= 0.3 is 0 Å². The molecule has 0 saturated heterocycles. The number of aromatic nitrogens is 2. The first kappa shape index (κ1) is 20.8. The Morgan fingerprint density at radius 2 is 1.79 bits per heavy atom. The van der Waals surface area contributed by atoms with E-state index in [1.807, 2.05) is 0 Å². The predicted octanol–water partition coefficient (Wildman–Crippen LogP) is 4.34. The van der Waals surface area contributed by atoms with Crippen molar-refractivity contribution in [1.29, 1.82) is 0 Å². The van der Waals surface area contributed by atoms with Crippen LogP contribution in [0.1, 0.15) is 16.1 Å². The van der Waals surface area contributed by atoms with Gasteiger partial charge in [0.05, 0.1) is 39.7 Å². The molecule has 0 radical (unpaired) electrons. The van der Waals surface area contributed by atoms with Gasteiger partial charge in [-0.15, -0.1) is 0 Å². The number of hydrogen-bond acceptors (Lipinski definition) is 3. The molecule has 29 heavy (non-hydrogen) atoms. The van der Waals surface area contributed by atoms with Gasteiger partial charge < -0.3 is 10.2 Å². The van der Waals surface area contributed by atoms with E-state index in [1.54, 1.807) is 43.3 Å². The zero-order valence-corrected chi connectivity index (χ0v) is 17.1. The van der Waals surface area contributed by atoms with Crippen molar-refractivity contribution in [1.82, 2.24) is 14.7 Å². The summed E-state index contributed by atoms with van der Waals surface area (Å²) >= 11 is 12.1. The van der Waals surface area contributed by atoms with Crippen LogP contribution >= 0.6 is 23.2 Å². The van der Waals surface area contributed by atoms with E-state index in [4.69, 9.17) is 23.2 Å². The maximum Gasteiger partial charge on any atom is 0.257 e. The van der Waals surface area contributed by atoms with Crippen molar-refractivity contribution < 1.29 is 14.0 Å². The van der Waals surface area contributed by atoms with Gasteiger partial charge in [-0.2, -0.15) is 5.10 Å². The molecule has 9 heteroatoms. The number of halogens is 3. The average molecular weight is 435 g/mol. The largest absolute Gasteiger partial charge is 0.332 e. The fraction of sp³-hybridized carbons (Fsp3) is 0.150. The molecule has 0 aliphatic carbocycles. The molecule has 1 N–H and O–H groups in total. The van der Waals surface area contributed by atoms with Crippen molar-refractivity contribution in [2.75, 3.05) is 18.9 Å². The van der Waals surface area contributed by atoms with E-state index in [1.165, 1.54) is 28.9 Å². The van der Waals surface area contributed by atoms with Crippen molar-refractivity contribution in [2.24, 2.45) is 0 Å². The van der Waals surface area contributed by atoms with E-state index in [2.05, 4.69) is 10.4 Å². The second-order valence-electron chi connectivity index (χ2n) is 6.31. The van der Waals surface area contributed by atoms with Crippen LogP contribution < -0.4 is 5.32 Å². The smallest absolute Gasteiger partial charge is 0.257 e. The number of nitrogens with one attached hydrogen (secondary N) is 1. The summed E-state index contributed by atoms with van der Waals surface area (Å²) in [5, 5.41) is 7.30. The molecule has 0 spiro atoms. The van der Waals surface area contributed by atoms with Crippen LogP contribution in [-0.2, 0) is 4.79 Å². The molecule has 3 aromatic rings. The second-order valence-corrected chi connectivity index (χ2v) is 7.13. The van der Waals surface area contributed by atoms with Gasteiger partial charge in [0.1, 0.15) is 11.5 Å². The summed E-state index contributed by atoms with van der Waals surface area (Å²) in [6.07, 6.45) is 1.35. The molecule has 1 heterocycles. The molecule has 0 unspecified atom stereocenters. The van der Waals surface area contributed by atoms with E-state index >= 15 is 0 Å². The van der Waals surface area contributed by atoms with E-state index in [9.17, 15) is 14.0 Å². The van der Waals surface area contributed by atoms with Crippen molar-refractivity contribution in [3.05, 3.63) is 75.8 Å². The van der Waals surface area contributed by atoms with Crippen molar-refractivity contribution in [3.8, 4) is 5.69 Å². The lowest BCUT2D eigenvalue weighted by molar-refractivity contribution is -0.116. The van der Waals surface area contributed by atoms with Gasteiger partial charge in [0.25, 0.3) is 5.91 Å². The second kappa shape index (κ2) is 8.63. The molecule has 0 aliphatic rings. The Morgan fingerprint density at radius 3 is 2.45 bits per heavy atom. The van der Waals surface area contributed by atoms with Gasteiger partial charge in [-0.1, -0.05) is 41.4 Å². The van der Waals surface area contributed by atoms with Crippen molar-refractivity contribution in [2.45, 2.75) is 6.92 Å². The highest BCUT2D eigenvalue weighted by atomic mass is 35.5. The standard InChI is InChI=1S/C20H17Cl2FN4O2/c1-12-13(10-24-27(12)17-9-4-3-8-16(17)23)20(29)26(2)11-18(28)25-19-14(21)6-5-7-15(19)22/h3-10H,11H2,1-2H3,(H,25,28). The summed E-state index contributed by atoms with van der Waals surface area (Å²) < 4.78 is 15.4. The quantitative estimate of drug-likeness (QED) is 0.649. The number of likely N-dealkylation sites (N-methyl/N-ethyl adjacent to an activating group) is 1. The van der Waals surface area contributed by atoms with Gasteiger partial charge in [0.15, 0.2) is 0 Å². The number of nitrogens with zero attached hydrogens (tertiary/aromatic N) is 3. The third kappa shape index (κ3) is 4.41. The number of carbonyl (C=O) groups is 2. The van der Waals surface area contributed by atoms with Crippen LogP contribution in [0.5, 0.6) is 0 Å². The lowest BCUT2D eigenvalue weighted by atomic mass is 10.2. The first-order valence-corrected chi connectivity index (χ1v) is 9.34. The minimum absolute atomic E-state index is 0.231. The Hall–Kier alpha value is -2.90. The topological polar surface area (TPSA) is 67.2 Å². The SMILES string of the molecule is Cc1c(C(=O)N(C)CC(=O)Nc2c(Cl)cccc2Cl)cnn1-c1ccccc1F. The Balaban J connectivity index is 1.74. The third-order valence-electron chi connectivity index (χ3n) is 4.28. The van der Waals surface area contributed by atoms with E-state index < -0.39 is 17.6 Å². The minimum atomic E-state index is -0.463. The molecule has 1 aromatic heterocycles. The van der Waals surface area contributed by atoms with Crippen LogP contribution in [0.3, 0.4) is 0 Å². The number of carbonyl (C=O) groups excluding carboxylic acids is 2. The highest BCUT2D eigenvalue weighted by Crippen LogP contribution is 2.29. The summed E-state index contributed by atoms with van der Waals surface area (Å²) in [5.74, 6) is -1.34. The fourth-order valence-electron chi connectivity index (χ4n) is 2.77. The van der Waals surface area contributed by atoms with Gasteiger partial charge in [0, 0.05) is 7.05 Å². The number of hydrogen-bond donors (Lipinski definition) is 1. The number of para-hydroxylation sites is 2. The lowest BCUT2D eigenvalue weighted by Gasteiger charge is -2.17. The molecule has 0 saturated carbocycles. The molecular formula is C20H17Cl2FN4O2. The molecule has 3 rings (SSSR count). The zero-order chi connectivity index (χ0) is 21.1. The monoisotopic (exact) mass is 434 g/mol. The van der Waals surface area contributed by atoms with E-state index in [0.717, 1.165) is 0 Å². The molecule has 6 nitrogen and oxygen atoms in total. The third-order valence-corrected chi connectivity index (χ3v) is 4.91. The van der Waals surface area contributed by atoms with Gasteiger partial charge in [-0.3, -0.25) is 9.59 Å². The summed E-state index contributed by atoms with van der Waals surface area (Å²) in [4.78, 5) is 26.3. The van der Waals surface area contributed by atoms with Crippen LogP contribution in [-0.4, -0.2) is 40.1 Å². The molecule has 0 aliphatic heterocycles. The number of amides is 2. The van der Waals surface area contributed by atoms with Crippen LogP contribution in [0.2, 0.25) is 10.0 Å². The van der Waals surface area contributed by atoms with E-state index in [0.29, 0.717) is 15.7 Å². The molecule has 0 atom stereocenters. The van der Waals surface area contributed by atoms with Gasteiger partial charge in [-0.25, -0.2) is 9.07 Å². The van der Waals surface area contributed by atoms with Crippen molar-refractivity contribution >= 4 is 40.7 Å². The Morgan fingerprint density at radius 1 is 1.14 bits per heavy atom. The summed E-state index contributed by atoms with van der Waals surface area (Å²) in [7, 11) is 1.48. The molecule has 150 valence electrons. The van der Waals surface area contributed by atoms with Gasteiger partial charge in [0.2, 0.25) is 5.91 Å². The fourth-order valence-corrected chi connectivity index (χ4v) is 3.27. The van der Waals surface area contributed by atoms with Crippen LogP contribution in [0, 0.1) is 12.7 Å². The minimum Gasteiger partial charge on any atom is -0.332 e. The van der Waals surface area contributed by atoms with Crippen LogP contribution in [0.15, 0.2) is 48.7 Å². The summed E-state index contributed by atoms with van der Waals surface area (Å²) in [6, 6.07) is 11.0. The first-order chi connectivity index (χ1) is 13.8. The molecular weight excluding hydrogens is 418 g/mol.